The predicted octanol–water partition coefficient (Wildman–Crippen LogP) is 7.36. The Hall–Kier alpha value is 0.400. The first-order chi connectivity index (χ1) is 13.2. The Morgan fingerprint density at radius 2 is 1.00 bits per heavy atom. The van der Waals surface area contributed by atoms with Crippen LogP contribution in [0.4, 0.5) is 0 Å². The summed E-state index contributed by atoms with van der Waals surface area (Å²) < 4.78 is 0.305. The molecule has 0 N–H and O–H groups in total. The molecule has 0 aromatic carbocycles. The third kappa shape index (κ3) is 9.63. The fraction of sp³-hybridized carbons (Fsp3) is 1.00. The highest BCUT2D eigenvalue weighted by atomic mass is 79.9. The topological polar surface area (TPSA) is 6.48 Å². The van der Waals surface area contributed by atoms with Crippen molar-refractivity contribution in [3.63, 3.8) is 0 Å². The van der Waals surface area contributed by atoms with Crippen LogP contribution in [0.2, 0.25) is 0 Å². The quantitative estimate of drug-likeness (QED) is 0.132. The van der Waals surface area contributed by atoms with E-state index in [0.29, 0.717) is 4.45 Å². The lowest BCUT2D eigenvalue weighted by atomic mass is 9.99. The first-order valence-corrected chi connectivity index (χ1v) is 13.2. The van der Waals surface area contributed by atoms with Gasteiger partial charge in [0, 0.05) is 32.7 Å². The van der Waals surface area contributed by atoms with E-state index in [0.717, 1.165) is 0 Å². The zero-order valence-corrected chi connectivity index (χ0v) is 19.9. The number of unbranched alkanes of at least 4 members (excludes halogenated alkanes) is 15. The van der Waals surface area contributed by atoms with Crippen molar-refractivity contribution >= 4 is 15.9 Å². The molecule has 0 radical (unpaired) electrons. The summed E-state index contributed by atoms with van der Waals surface area (Å²) in [5.41, 5.74) is 0. The number of piperazine rings is 3. The average Bonchev–Trinajstić information content (AvgIpc) is 2.68. The number of halogens is 1. The first-order valence-electron chi connectivity index (χ1n) is 12.4. The maximum absolute atomic E-state index is 4.08. The third-order valence-corrected chi connectivity index (χ3v) is 7.97. The second kappa shape index (κ2) is 14.4. The predicted molar refractivity (Wildman–Crippen MR) is 124 cm³/mol. The van der Waals surface area contributed by atoms with Crippen LogP contribution in [0.3, 0.4) is 0 Å². The van der Waals surface area contributed by atoms with Gasteiger partial charge in [0.2, 0.25) is 0 Å². The molecular formula is C24H47BrN2. The maximum Gasteiger partial charge on any atom is 0.0896 e. The van der Waals surface area contributed by atoms with Gasteiger partial charge in [-0.25, -0.2) is 0 Å². The number of hydrogen-bond acceptors (Lipinski definition) is 2. The highest BCUT2D eigenvalue weighted by molar-refractivity contribution is 9.10. The molecule has 160 valence electrons. The summed E-state index contributed by atoms with van der Waals surface area (Å²) in [5.74, 6) is 0. The second-order valence-electron chi connectivity index (χ2n) is 9.23. The Balaban J connectivity index is 1.30. The first kappa shape index (κ1) is 23.7. The summed E-state index contributed by atoms with van der Waals surface area (Å²) in [5, 5.41) is 0. The molecule has 3 heterocycles. The third-order valence-electron chi connectivity index (χ3n) is 6.82. The summed E-state index contributed by atoms with van der Waals surface area (Å²) in [6, 6.07) is 0. The standard InChI is InChI=1S/C24H47BrN2/c1-2-3-4-5-6-7-8-9-10-11-12-13-14-15-16-17-18-24(25)23-26-19-21-27(24)22-20-26/h2-23H2,1H3. The largest absolute Gasteiger partial charge is 0.298 e. The number of hydrogen-bond donors (Lipinski definition) is 0. The molecule has 0 aliphatic carbocycles. The van der Waals surface area contributed by atoms with Crippen molar-refractivity contribution in [1.29, 1.82) is 0 Å². The maximum atomic E-state index is 4.08. The second-order valence-corrected chi connectivity index (χ2v) is 10.7. The van der Waals surface area contributed by atoms with E-state index in [2.05, 4.69) is 32.7 Å². The molecule has 3 saturated heterocycles. The van der Waals surface area contributed by atoms with Crippen molar-refractivity contribution in [2.75, 3.05) is 32.7 Å². The Kier molecular flexibility index (Phi) is 12.6. The van der Waals surface area contributed by atoms with Gasteiger partial charge in [-0.3, -0.25) is 9.80 Å². The van der Waals surface area contributed by atoms with Crippen LogP contribution in [-0.4, -0.2) is 47.0 Å². The highest BCUT2D eigenvalue weighted by Crippen LogP contribution is 2.36. The summed E-state index contributed by atoms with van der Waals surface area (Å²) in [7, 11) is 0. The molecule has 3 aliphatic rings. The summed E-state index contributed by atoms with van der Waals surface area (Å²) in [6.07, 6.45) is 24.6. The van der Waals surface area contributed by atoms with Gasteiger partial charge in [-0.1, -0.05) is 126 Å². The summed E-state index contributed by atoms with van der Waals surface area (Å²) >= 11 is 4.08. The normalized spacial score (nSPS) is 27.3. The monoisotopic (exact) mass is 442 g/mol. The number of fused-ring (bicyclic) bond motifs is 3. The Morgan fingerprint density at radius 1 is 0.593 bits per heavy atom. The molecule has 27 heavy (non-hydrogen) atoms. The van der Waals surface area contributed by atoms with Crippen molar-refractivity contribution in [3.8, 4) is 0 Å². The fourth-order valence-electron chi connectivity index (χ4n) is 4.93. The van der Waals surface area contributed by atoms with Gasteiger partial charge in [-0.05, 0) is 6.42 Å². The van der Waals surface area contributed by atoms with Gasteiger partial charge in [0.25, 0.3) is 0 Å². The van der Waals surface area contributed by atoms with Crippen molar-refractivity contribution in [1.82, 2.24) is 9.80 Å². The smallest absolute Gasteiger partial charge is 0.0896 e. The lowest BCUT2D eigenvalue weighted by Crippen LogP contribution is -2.65. The molecule has 3 rings (SSSR count). The molecule has 1 unspecified atom stereocenters. The van der Waals surface area contributed by atoms with Crippen LogP contribution in [0.25, 0.3) is 0 Å². The van der Waals surface area contributed by atoms with E-state index in [1.807, 2.05) is 0 Å². The van der Waals surface area contributed by atoms with Gasteiger partial charge < -0.3 is 0 Å². The molecular weight excluding hydrogens is 396 g/mol. The van der Waals surface area contributed by atoms with Gasteiger partial charge >= 0.3 is 0 Å². The lowest BCUT2D eigenvalue weighted by molar-refractivity contribution is -0.00598. The van der Waals surface area contributed by atoms with E-state index >= 15 is 0 Å². The minimum atomic E-state index is 0.305. The zero-order valence-electron chi connectivity index (χ0n) is 18.3. The lowest BCUT2D eigenvalue weighted by Gasteiger charge is -2.53. The van der Waals surface area contributed by atoms with Gasteiger partial charge in [-0.15, -0.1) is 0 Å². The SMILES string of the molecule is CCCCCCCCCCCCCCCCCCC1(Br)CN2CCN1CC2. The Bertz CT molecular complexity index is 354. The van der Waals surface area contributed by atoms with Crippen LogP contribution >= 0.6 is 15.9 Å². The minimum absolute atomic E-state index is 0.305. The molecule has 0 aromatic heterocycles. The van der Waals surface area contributed by atoms with E-state index < -0.39 is 0 Å². The molecule has 0 aromatic rings. The number of rotatable bonds is 17. The van der Waals surface area contributed by atoms with Crippen LogP contribution in [0.5, 0.6) is 0 Å². The van der Waals surface area contributed by atoms with Crippen molar-refractivity contribution in [2.24, 2.45) is 0 Å². The molecule has 3 fully saturated rings. The summed E-state index contributed by atoms with van der Waals surface area (Å²) in [6.45, 7) is 8.65. The van der Waals surface area contributed by atoms with E-state index in [1.165, 1.54) is 142 Å². The van der Waals surface area contributed by atoms with Crippen molar-refractivity contribution in [3.05, 3.63) is 0 Å². The van der Waals surface area contributed by atoms with Gasteiger partial charge in [0.1, 0.15) is 0 Å². The zero-order chi connectivity index (χ0) is 19.2. The highest BCUT2D eigenvalue weighted by Gasteiger charge is 2.42. The van der Waals surface area contributed by atoms with E-state index in [1.54, 1.807) is 0 Å². The molecule has 2 nitrogen and oxygen atoms in total. The van der Waals surface area contributed by atoms with Crippen molar-refractivity contribution < 1.29 is 0 Å². The van der Waals surface area contributed by atoms with Crippen LogP contribution < -0.4 is 0 Å². The number of alkyl halides is 1. The molecule has 3 aliphatic heterocycles. The van der Waals surface area contributed by atoms with E-state index in [4.69, 9.17) is 0 Å². The van der Waals surface area contributed by atoms with Crippen molar-refractivity contribution in [2.45, 2.75) is 121 Å². The van der Waals surface area contributed by atoms with Crippen LogP contribution in [0, 0.1) is 0 Å². The molecule has 3 heteroatoms. The average molecular weight is 444 g/mol. The van der Waals surface area contributed by atoms with Gasteiger partial charge in [0.05, 0.1) is 4.45 Å². The Labute approximate surface area is 179 Å². The Morgan fingerprint density at radius 3 is 1.37 bits per heavy atom. The summed E-state index contributed by atoms with van der Waals surface area (Å²) in [4.78, 5) is 5.33. The number of nitrogens with zero attached hydrogens (tertiary/aromatic N) is 2. The van der Waals surface area contributed by atoms with Crippen LogP contribution in [0.15, 0.2) is 0 Å². The molecule has 0 amide bonds. The fourth-order valence-corrected chi connectivity index (χ4v) is 5.92. The van der Waals surface area contributed by atoms with Gasteiger partial charge in [-0.2, -0.15) is 0 Å². The molecule has 1 atom stereocenters. The van der Waals surface area contributed by atoms with Crippen LogP contribution in [0.1, 0.15) is 116 Å². The molecule has 2 bridgehead atoms. The van der Waals surface area contributed by atoms with Gasteiger partial charge in [0.15, 0.2) is 0 Å². The van der Waals surface area contributed by atoms with Crippen LogP contribution in [-0.2, 0) is 0 Å². The molecule has 0 saturated carbocycles. The van der Waals surface area contributed by atoms with E-state index in [-0.39, 0.29) is 0 Å². The molecule has 0 spiro atoms. The minimum Gasteiger partial charge on any atom is -0.298 e. The van der Waals surface area contributed by atoms with E-state index in [9.17, 15) is 0 Å².